The molecule has 1 aromatic heterocycles. The first-order valence-corrected chi connectivity index (χ1v) is 5.98. The molecule has 1 rings (SSSR count). The molecule has 1 aromatic rings. The van der Waals surface area contributed by atoms with Crippen LogP contribution in [-0.4, -0.2) is 24.1 Å². The van der Waals surface area contributed by atoms with E-state index in [0.29, 0.717) is 25.3 Å². The van der Waals surface area contributed by atoms with Crippen molar-refractivity contribution in [3.8, 4) is 0 Å². The molecule has 0 saturated carbocycles. The fourth-order valence-corrected chi connectivity index (χ4v) is 1.75. The first kappa shape index (κ1) is 12.9. The van der Waals surface area contributed by atoms with E-state index >= 15 is 0 Å². The number of nitrogens with one attached hydrogen (secondary N) is 1. The van der Waals surface area contributed by atoms with Crippen LogP contribution < -0.4 is 5.32 Å². The Morgan fingerprint density at radius 3 is 3.00 bits per heavy atom. The molecule has 0 unspecified atom stereocenters. The number of hydrogen-bond acceptors (Lipinski definition) is 5. The maximum atomic E-state index is 11.2. The summed E-state index contributed by atoms with van der Waals surface area (Å²) in [5.41, 5.74) is 1.42. The summed E-state index contributed by atoms with van der Waals surface area (Å²) in [5, 5.41) is 6.14. The van der Waals surface area contributed by atoms with Crippen LogP contribution in [0.5, 0.6) is 0 Å². The number of hydrogen-bond donors (Lipinski definition) is 1. The maximum Gasteiger partial charge on any atom is 0.334 e. The van der Waals surface area contributed by atoms with E-state index in [9.17, 15) is 4.79 Å². The molecular weight excluding hydrogens is 224 g/mol. The monoisotopic (exact) mass is 240 g/mol. The highest BCUT2D eigenvalue weighted by Crippen LogP contribution is 2.07. The van der Waals surface area contributed by atoms with Gasteiger partial charge in [0.1, 0.15) is 0 Å². The van der Waals surface area contributed by atoms with Crippen LogP contribution in [0.15, 0.2) is 17.5 Å². The Morgan fingerprint density at radius 1 is 1.69 bits per heavy atom. The molecule has 0 aliphatic carbocycles. The third-order valence-electron chi connectivity index (χ3n) is 1.88. The topological polar surface area (TPSA) is 51.2 Å². The molecular formula is C11H16N2O2S. The molecule has 1 heterocycles. The second-order valence-corrected chi connectivity index (χ2v) is 4.35. The third-order valence-corrected chi connectivity index (χ3v) is 2.70. The van der Waals surface area contributed by atoms with E-state index in [2.05, 4.69) is 16.9 Å². The standard InChI is InChI=1S/C11H16N2O2S/c1-4-15-11(14)8(2)5-12-6-10-7-16-9(3)13-10/h7,12H,2,4-6H2,1,3H3. The Bertz CT molecular complexity index is 374. The number of rotatable bonds is 6. The van der Waals surface area contributed by atoms with Crippen molar-refractivity contribution in [3.63, 3.8) is 0 Å². The molecule has 0 radical (unpaired) electrons. The van der Waals surface area contributed by atoms with Crippen LogP contribution >= 0.6 is 11.3 Å². The SMILES string of the molecule is C=C(CNCc1csc(C)n1)C(=O)OCC. The molecule has 0 aliphatic heterocycles. The predicted molar refractivity (Wildman–Crippen MR) is 64.3 cm³/mol. The van der Waals surface area contributed by atoms with Gasteiger partial charge in [-0.05, 0) is 13.8 Å². The normalized spacial score (nSPS) is 10.1. The molecule has 0 aliphatic rings. The van der Waals surface area contributed by atoms with Crippen molar-refractivity contribution in [2.24, 2.45) is 0 Å². The third kappa shape index (κ3) is 4.12. The van der Waals surface area contributed by atoms with E-state index in [0.717, 1.165) is 10.7 Å². The number of ether oxygens (including phenoxy) is 1. The minimum absolute atomic E-state index is 0.343. The average molecular weight is 240 g/mol. The molecule has 1 N–H and O–H groups in total. The quantitative estimate of drug-likeness (QED) is 0.607. The number of carbonyl (C=O) groups excluding carboxylic acids is 1. The molecule has 4 nitrogen and oxygen atoms in total. The second-order valence-electron chi connectivity index (χ2n) is 3.29. The lowest BCUT2D eigenvalue weighted by Crippen LogP contribution is -2.21. The van der Waals surface area contributed by atoms with Gasteiger partial charge in [-0.1, -0.05) is 6.58 Å². The fourth-order valence-electron chi connectivity index (χ4n) is 1.14. The Kier molecular flexibility index (Phi) is 5.14. The van der Waals surface area contributed by atoms with Crippen LogP contribution in [0.2, 0.25) is 0 Å². The van der Waals surface area contributed by atoms with Crippen LogP contribution in [0.25, 0.3) is 0 Å². The Hall–Kier alpha value is -1.20. The van der Waals surface area contributed by atoms with Crippen molar-refractivity contribution in [3.05, 3.63) is 28.2 Å². The van der Waals surface area contributed by atoms with Gasteiger partial charge < -0.3 is 10.1 Å². The van der Waals surface area contributed by atoms with E-state index in [1.807, 2.05) is 12.3 Å². The van der Waals surface area contributed by atoms with Gasteiger partial charge in [0.15, 0.2) is 0 Å². The number of carbonyl (C=O) groups is 1. The van der Waals surface area contributed by atoms with Crippen molar-refractivity contribution in [1.82, 2.24) is 10.3 Å². The van der Waals surface area contributed by atoms with Crippen LogP contribution in [0.3, 0.4) is 0 Å². The van der Waals surface area contributed by atoms with Crippen molar-refractivity contribution in [1.29, 1.82) is 0 Å². The fraction of sp³-hybridized carbons (Fsp3) is 0.455. The minimum Gasteiger partial charge on any atom is -0.463 e. The van der Waals surface area contributed by atoms with Gasteiger partial charge in [-0.3, -0.25) is 0 Å². The Morgan fingerprint density at radius 2 is 2.44 bits per heavy atom. The number of aryl methyl sites for hydroxylation is 1. The average Bonchev–Trinajstić information content (AvgIpc) is 2.64. The van der Waals surface area contributed by atoms with E-state index in [1.165, 1.54) is 0 Å². The summed E-state index contributed by atoms with van der Waals surface area (Å²) in [4.78, 5) is 15.5. The van der Waals surface area contributed by atoms with Crippen molar-refractivity contribution >= 4 is 17.3 Å². The lowest BCUT2D eigenvalue weighted by Gasteiger charge is -2.05. The molecule has 0 spiro atoms. The van der Waals surface area contributed by atoms with E-state index in [1.54, 1.807) is 18.3 Å². The minimum atomic E-state index is -0.343. The largest absolute Gasteiger partial charge is 0.463 e. The molecule has 0 aromatic carbocycles. The summed E-state index contributed by atoms with van der Waals surface area (Å²) in [5.74, 6) is -0.343. The molecule has 0 atom stereocenters. The zero-order valence-corrected chi connectivity index (χ0v) is 10.4. The summed E-state index contributed by atoms with van der Waals surface area (Å²) < 4.78 is 4.82. The van der Waals surface area contributed by atoms with Crippen LogP contribution in [-0.2, 0) is 16.1 Å². The van der Waals surface area contributed by atoms with E-state index in [4.69, 9.17) is 4.74 Å². The molecule has 5 heteroatoms. The summed E-state index contributed by atoms with van der Waals surface area (Å²) in [6, 6.07) is 0. The van der Waals surface area contributed by atoms with Gasteiger partial charge in [0.25, 0.3) is 0 Å². The van der Waals surface area contributed by atoms with Gasteiger partial charge >= 0.3 is 5.97 Å². The molecule has 0 bridgehead atoms. The zero-order chi connectivity index (χ0) is 12.0. The van der Waals surface area contributed by atoms with Gasteiger partial charge in [-0.2, -0.15) is 0 Å². The summed E-state index contributed by atoms with van der Waals surface area (Å²) in [6.45, 7) is 8.84. The smallest absolute Gasteiger partial charge is 0.334 e. The molecule has 88 valence electrons. The lowest BCUT2D eigenvalue weighted by molar-refractivity contribution is -0.138. The van der Waals surface area contributed by atoms with Gasteiger partial charge in [-0.25, -0.2) is 9.78 Å². The van der Waals surface area contributed by atoms with Gasteiger partial charge in [0, 0.05) is 24.0 Å². The van der Waals surface area contributed by atoms with Crippen molar-refractivity contribution in [2.75, 3.05) is 13.2 Å². The summed E-state index contributed by atoms with van der Waals surface area (Å²) in [6.07, 6.45) is 0. The Balaban J connectivity index is 2.25. The Labute approximate surface area is 99.3 Å². The first-order chi connectivity index (χ1) is 7.63. The zero-order valence-electron chi connectivity index (χ0n) is 9.58. The number of aromatic nitrogens is 1. The molecule has 0 saturated heterocycles. The molecule has 0 fully saturated rings. The van der Waals surface area contributed by atoms with Gasteiger partial charge in [-0.15, -0.1) is 11.3 Å². The van der Waals surface area contributed by atoms with E-state index < -0.39 is 0 Å². The van der Waals surface area contributed by atoms with Crippen molar-refractivity contribution < 1.29 is 9.53 Å². The summed E-state index contributed by atoms with van der Waals surface area (Å²) in [7, 11) is 0. The highest BCUT2D eigenvalue weighted by atomic mass is 32.1. The van der Waals surface area contributed by atoms with Gasteiger partial charge in [0.2, 0.25) is 0 Å². The van der Waals surface area contributed by atoms with Crippen LogP contribution in [0.4, 0.5) is 0 Å². The van der Waals surface area contributed by atoms with Crippen LogP contribution in [0.1, 0.15) is 17.6 Å². The number of esters is 1. The summed E-state index contributed by atoms with van der Waals surface area (Å²) >= 11 is 1.61. The van der Waals surface area contributed by atoms with Gasteiger partial charge in [0.05, 0.1) is 17.3 Å². The van der Waals surface area contributed by atoms with E-state index in [-0.39, 0.29) is 5.97 Å². The number of thiazole rings is 1. The predicted octanol–water partition coefficient (Wildman–Crippen LogP) is 1.66. The molecule has 16 heavy (non-hydrogen) atoms. The first-order valence-electron chi connectivity index (χ1n) is 5.10. The maximum absolute atomic E-state index is 11.2. The highest BCUT2D eigenvalue weighted by molar-refractivity contribution is 7.09. The second kappa shape index (κ2) is 6.40. The molecule has 0 amide bonds. The van der Waals surface area contributed by atoms with Crippen LogP contribution in [0, 0.1) is 6.92 Å². The van der Waals surface area contributed by atoms with Crippen molar-refractivity contribution in [2.45, 2.75) is 20.4 Å². The lowest BCUT2D eigenvalue weighted by atomic mass is 10.3. The number of nitrogens with zero attached hydrogens (tertiary/aromatic N) is 1. The highest BCUT2D eigenvalue weighted by Gasteiger charge is 2.07.